The van der Waals surface area contributed by atoms with Crippen molar-refractivity contribution in [1.29, 1.82) is 0 Å². The Kier molecular flexibility index (Phi) is 5.94. The molecule has 1 amide bonds. The van der Waals surface area contributed by atoms with E-state index in [0.29, 0.717) is 19.4 Å². The summed E-state index contributed by atoms with van der Waals surface area (Å²) in [4.78, 5) is 10.7. The Morgan fingerprint density at radius 3 is 2.63 bits per heavy atom. The Labute approximate surface area is 113 Å². The standard InChI is InChI=1S/C12H19N3O3S/c13-9-10-4-3-5-11(8-10)19(17,18)15-7-2-1-6-12(14)16/h3-5,8,15H,1-2,6-7,9,13H2,(H2,14,16). The summed E-state index contributed by atoms with van der Waals surface area (Å²) in [5, 5.41) is 0. The van der Waals surface area contributed by atoms with Crippen LogP contribution in [0.25, 0.3) is 0 Å². The monoisotopic (exact) mass is 285 g/mol. The number of carbonyl (C=O) groups is 1. The molecule has 0 aromatic heterocycles. The van der Waals surface area contributed by atoms with Crippen LogP contribution in [0, 0.1) is 0 Å². The van der Waals surface area contributed by atoms with E-state index in [4.69, 9.17) is 11.5 Å². The van der Waals surface area contributed by atoms with Gasteiger partial charge in [0.15, 0.2) is 0 Å². The number of carbonyl (C=O) groups excluding carboxylic acids is 1. The first-order chi connectivity index (χ1) is 8.95. The van der Waals surface area contributed by atoms with E-state index >= 15 is 0 Å². The number of hydrogen-bond donors (Lipinski definition) is 3. The first-order valence-electron chi connectivity index (χ1n) is 6.02. The summed E-state index contributed by atoms with van der Waals surface area (Å²) >= 11 is 0. The maximum absolute atomic E-state index is 12.0. The predicted octanol–water partition coefficient (Wildman–Crippen LogP) is 0.0792. The molecule has 0 fully saturated rings. The topological polar surface area (TPSA) is 115 Å². The Balaban J connectivity index is 2.53. The fraction of sp³-hybridized carbons (Fsp3) is 0.417. The summed E-state index contributed by atoms with van der Waals surface area (Å²) in [5.41, 5.74) is 11.2. The van der Waals surface area contributed by atoms with Gasteiger partial charge in [0, 0.05) is 19.5 Å². The fourth-order valence-electron chi connectivity index (χ4n) is 1.55. The zero-order valence-corrected chi connectivity index (χ0v) is 11.4. The molecule has 0 aliphatic rings. The maximum Gasteiger partial charge on any atom is 0.240 e. The average Bonchev–Trinajstić information content (AvgIpc) is 2.38. The molecule has 0 saturated heterocycles. The van der Waals surface area contributed by atoms with Gasteiger partial charge in [-0.25, -0.2) is 13.1 Å². The largest absolute Gasteiger partial charge is 0.370 e. The van der Waals surface area contributed by atoms with Crippen LogP contribution in [0.5, 0.6) is 0 Å². The fourth-order valence-corrected chi connectivity index (χ4v) is 2.70. The van der Waals surface area contributed by atoms with Crippen LogP contribution in [0.2, 0.25) is 0 Å². The second-order valence-corrected chi connectivity index (χ2v) is 5.94. The molecule has 6 nitrogen and oxygen atoms in total. The summed E-state index contributed by atoms with van der Waals surface area (Å²) in [7, 11) is -3.52. The third-order valence-corrected chi connectivity index (χ3v) is 4.05. The number of hydrogen-bond acceptors (Lipinski definition) is 4. The Morgan fingerprint density at radius 1 is 1.26 bits per heavy atom. The highest BCUT2D eigenvalue weighted by Gasteiger charge is 2.13. The van der Waals surface area contributed by atoms with E-state index in [0.717, 1.165) is 5.56 Å². The molecule has 0 unspecified atom stereocenters. The van der Waals surface area contributed by atoms with Crippen LogP contribution in [0.3, 0.4) is 0 Å². The molecule has 0 aliphatic heterocycles. The molecule has 1 aromatic carbocycles. The van der Waals surface area contributed by atoms with Crippen molar-refractivity contribution >= 4 is 15.9 Å². The van der Waals surface area contributed by atoms with Gasteiger partial charge in [-0.2, -0.15) is 0 Å². The van der Waals surface area contributed by atoms with Crippen molar-refractivity contribution in [3.05, 3.63) is 29.8 Å². The molecule has 0 heterocycles. The number of nitrogens with two attached hydrogens (primary N) is 2. The lowest BCUT2D eigenvalue weighted by molar-refractivity contribution is -0.118. The number of amides is 1. The lowest BCUT2D eigenvalue weighted by atomic mass is 10.2. The van der Waals surface area contributed by atoms with Crippen molar-refractivity contribution in [2.24, 2.45) is 11.5 Å². The van der Waals surface area contributed by atoms with E-state index in [1.165, 1.54) is 6.07 Å². The Hall–Kier alpha value is -1.44. The van der Waals surface area contributed by atoms with E-state index in [-0.39, 0.29) is 23.8 Å². The van der Waals surface area contributed by atoms with Crippen LogP contribution in [0.15, 0.2) is 29.2 Å². The van der Waals surface area contributed by atoms with Gasteiger partial charge in [-0.15, -0.1) is 0 Å². The van der Waals surface area contributed by atoms with Gasteiger partial charge in [-0.3, -0.25) is 4.79 Å². The summed E-state index contributed by atoms with van der Waals surface area (Å²) in [6, 6.07) is 6.49. The minimum Gasteiger partial charge on any atom is -0.370 e. The number of nitrogens with one attached hydrogen (secondary N) is 1. The highest BCUT2D eigenvalue weighted by molar-refractivity contribution is 7.89. The molecule has 1 rings (SSSR count). The quantitative estimate of drug-likeness (QED) is 0.586. The van der Waals surface area contributed by atoms with Crippen molar-refractivity contribution in [3.63, 3.8) is 0 Å². The molecule has 5 N–H and O–H groups in total. The third-order valence-electron chi connectivity index (χ3n) is 2.59. The molecule has 1 aromatic rings. The van der Waals surface area contributed by atoms with E-state index in [1.54, 1.807) is 18.2 Å². The minimum atomic E-state index is -3.52. The molecule has 0 spiro atoms. The molecule has 0 radical (unpaired) electrons. The molecule has 0 atom stereocenters. The zero-order chi connectivity index (χ0) is 14.3. The van der Waals surface area contributed by atoms with Crippen molar-refractivity contribution in [3.8, 4) is 0 Å². The molecule has 106 valence electrons. The van der Waals surface area contributed by atoms with Crippen LogP contribution in [0.1, 0.15) is 24.8 Å². The SMILES string of the molecule is NCc1cccc(S(=O)(=O)NCCCCC(N)=O)c1. The van der Waals surface area contributed by atoms with E-state index < -0.39 is 10.0 Å². The number of rotatable bonds is 8. The number of primary amides is 1. The van der Waals surface area contributed by atoms with Gasteiger partial charge in [-0.1, -0.05) is 12.1 Å². The van der Waals surface area contributed by atoms with Gasteiger partial charge < -0.3 is 11.5 Å². The second-order valence-electron chi connectivity index (χ2n) is 4.17. The van der Waals surface area contributed by atoms with E-state index in [1.807, 2.05) is 0 Å². The van der Waals surface area contributed by atoms with Gasteiger partial charge in [-0.05, 0) is 30.5 Å². The van der Waals surface area contributed by atoms with Crippen molar-refractivity contribution in [1.82, 2.24) is 4.72 Å². The van der Waals surface area contributed by atoms with Crippen molar-refractivity contribution in [2.45, 2.75) is 30.7 Å². The van der Waals surface area contributed by atoms with Gasteiger partial charge in [0.25, 0.3) is 0 Å². The smallest absolute Gasteiger partial charge is 0.240 e. The number of benzene rings is 1. The normalized spacial score (nSPS) is 11.4. The maximum atomic E-state index is 12.0. The van der Waals surface area contributed by atoms with Crippen LogP contribution in [-0.4, -0.2) is 20.9 Å². The van der Waals surface area contributed by atoms with Crippen LogP contribution in [-0.2, 0) is 21.4 Å². The van der Waals surface area contributed by atoms with Gasteiger partial charge in [0.1, 0.15) is 0 Å². The molecule has 0 saturated carbocycles. The second kappa shape index (κ2) is 7.22. The van der Waals surface area contributed by atoms with Crippen LogP contribution < -0.4 is 16.2 Å². The van der Waals surface area contributed by atoms with E-state index in [9.17, 15) is 13.2 Å². The summed E-state index contributed by atoms with van der Waals surface area (Å²) in [6.45, 7) is 0.574. The molecule has 19 heavy (non-hydrogen) atoms. The number of unbranched alkanes of at least 4 members (excludes halogenated alkanes) is 1. The van der Waals surface area contributed by atoms with Crippen molar-refractivity contribution < 1.29 is 13.2 Å². The summed E-state index contributed by atoms with van der Waals surface area (Å²) in [5.74, 6) is -0.376. The van der Waals surface area contributed by atoms with E-state index in [2.05, 4.69) is 4.72 Å². The van der Waals surface area contributed by atoms with Gasteiger partial charge >= 0.3 is 0 Å². The lowest BCUT2D eigenvalue weighted by Crippen LogP contribution is -2.25. The van der Waals surface area contributed by atoms with Crippen molar-refractivity contribution in [2.75, 3.05) is 6.54 Å². The predicted molar refractivity (Wildman–Crippen MR) is 72.6 cm³/mol. The highest BCUT2D eigenvalue weighted by atomic mass is 32.2. The lowest BCUT2D eigenvalue weighted by Gasteiger charge is -2.07. The molecular formula is C12H19N3O3S. The Morgan fingerprint density at radius 2 is 2.00 bits per heavy atom. The molecule has 0 aliphatic carbocycles. The zero-order valence-electron chi connectivity index (χ0n) is 10.6. The first-order valence-corrected chi connectivity index (χ1v) is 7.51. The molecule has 0 bridgehead atoms. The summed E-state index contributed by atoms with van der Waals surface area (Å²) < 4.78 is 26.4. The van der Waals surface area contributed by atoms with Crippen LogP contribution in [0.4, 0.5) is 0 Å². The minimum absolute atomic E-state index is 0.199. The Bertz CT molecular complexity index is 529. The molecule has 7 heteroatoms. The van der Waals surface area contributed by atoms with Gasteiger partial charge in [0.05, 0.1) is 4.90 Å². The third kappa shape index (κ3) is 5.37. The van der Waals surface area contributed by atoms with Crippen LogP contribution >= 0.6 is 0 Å². The molecular weight excluding hydrogens is 266 g/mol. The van der Waals surface area contributed by atoms with Gasteiger partial charge in [0.2, 0.25) is 15.9 Å². The number of sulfonamides is 1. The first kappa shape index (κ1) is 15.6. The average molecular weight is 285 g/mol. The summed E-state index contributed by atoms with van der Waals surface area (Å²) in [6.07, 6.45) is 1.41. The highest BCUT2D eigenvalue weighted by Crippen LogP contribution is 2.11.